The first-order valence-electron chi connectivity index (χ1n) is 16.1. The molecule has 0 spiro atoms. The Morgan fingerprint density at radius 2 is 1.60 bits per heavy atom. The largest absolute Gasteiger partial charge is 0.414 e. The Balaban J connectivity index is 1.88. The highest BCUT2D eigenvalue weighted by molar-refractivity contribution is 6.74. The van der Waals surface area contributed by atoms with Gasteiger partial charge in [-0.05, 0) is 48.4 Å². The van der Waals surface area contributed by atoms with Crippen molar-refractivity contribution in [2.24, 2.45) is 0 Å². The highest BCUT2D eigenvalue weighted by Gasteiger charge is 2.53. The minimum atomic E-state index is -2.45. The molecule has 1 fully saturated rings. The predicted molar refractivity (Wildman–Crippen MR) is 188 cm³/mol. The Labute approximate surface area is 284 Å². The smallest absolute Gasteiger partial charge is 0.290 e. The van der Waals surface area contributed by atoms with E-state index in [2.05, 4.69) is 83.0 Å². The van der Waals surface area contributed by atoms with Crippen LogP contribution in [0.2, 0.25) is 36.3 Å². The molecule has 4 rings (SSSR count). The fraction of sp³-hybridized carbons (Fsp3) is 0.606. The van der Waals surface area contributed by atoms with Crippen LogP contribution in [0.5, 0.6) is 0 Å². The number of methoxy groups -OCH3 is 1. The van der Waals surface area contributed by atoms with Crippen molar-refractivity contribution in [3.05, 3.63) is 52.6 Å². The normalized spacial score (nSPS) is 20.8. The van der Waals surface area contributed by atoms with E-state index in [-0.39, 0.29) is 46.2 Å². The first-order valence-corrected chi connectivity index (χ1v) is 22.0. The number of amides is 1. The summed E-state index contributed by atoms with van der Waals surface area (Å²) in [5.74, 6) is -1.39. The molecule has 13 nitrogen and oxygen atoms in total. The number of benzene rings is 1. The van der Waals surface area contributed by atoms with Crippen LogP contribution in [-0.2, 0) is 27.9 Å². The molecule has 3 aromatic rings. The van der Waals surface area contributed by atoms with E-state index in [1.807, 2.05) is 0 Å². The molecule has 4 atom stereocenters. The van der Waals surface area contributed by atoms with Gasteiger partial charge in [-0.1, -0.05) is 59.7 Å². The molecular weight excluding hydrogens is 651 g/mol. The number of hydrogen-bond donors (Lipinski definition) is 1. The summed E-state index contributed by atoms with van der Waals surface area (Å²) >= 11 is 0. The van der Waals surface area contributed by atoms with E-state index >= 15 is 0 Å². The standard InChI is InChI=1S/C33H51N5O8Si2/c1-21(39)35-31-36-27-24(29(41)38(31)28(40)22-16-14-13-15-17-22)34-19-37(27)30-26(46-48(11,12)33(5,6)7)25(43-20-42-8)23(45-30)18-44-47(9,10)32(2,3)4/h13-17,19,23,25-26,30H,18,20H2,1-12H3,(H,35,36,39)/t23-,25-,26-,30-/m1/s1. The molecule has 1 amide bonds. The van der Waals surface area contributed by atoms with Gasteiger partial charge in [-0.3, -0.25) is 24.3 Å². The van der Waals surface area contributed by atoms with Crippen LogP contribution in [0.15, 0.2) is 41.5 Å². The van der Waals surface area contributed by atoms with E-state index in [1.165, 1.54) is 13.3 Å². The summed E-state index contributed by atoms with van der Waals surface area (Å²) in [6, 6.07) is 8.29. The number of imidazole rings is 1. The molecular formula is C33H51N5O8Si2. The Kier molecular flexibility index (Phi) is 11.1. The molecule has 0 bridgehead atoms. The van der Waals surface area contributed by atoms with Crippen LogP contribution in [0.1, 0.15) is 65.1 Å². The third-order valence-corrected chi connectivity index (χ3v) is 18.7. The summed E-state index contributed by atoms with van der Waals surface area (Å²) < 4.78 is 34.5. The average Bonchev–Trinajstić information content (AvgIpc) is 3.54. The second-order valence-corrected chi connectivity index (χ2v) is 24.8. The number of aromatic nitrogens is 4. The summed E-state index contributed by atoms with van der Waals surface area (Å²) in [4.78, 5) is 48.8. The monoisotopic (exact) mass is 701 g/mol. The molecule has 48 heavy (non-hydrogen) atoms. The lowest BCUT2D eigenvalue weighted by Crippen LogP contribution is -2.50. The van der Waals surface area contributed by atoms with Crippen LogP contribution < -0.4 is 10.9 Å². The van der Waals surface area contributed by atoms with Crippen molar-refractivity contribution in [1.82, 2.24) is 19.1 Å². The maximum atomic E-state index is 13.9. The number of carbonyl (C=O) groups excluding carboxylic acids is 2. The highest BCUT2D eigenvalue weighted by Crippen LogP contribution is 2.44. The fourth-order valence-electron chi connectivity index (χ4n) is 4.86. The van der Waals surface area contributed by atoms with Gasteiger partial charge in [-0.2, -0.15) is 4.98 Å². The van der Waals surface area contributed by atoms with E-state index in [0.717, 1.165) is 4.57 Å². The van der Waals surface area contributed by atoms with Gasteiger partial charge in [0.2, 0.25) is 11.9 Å². The number of ether oxygens (including phenoxy) is 3. The van der Waals surface area contributed by atoms with Crippen LogP contribution in [0.25, 0.3) is 11.2 Å². The molecule has 0 radical (unpaired) electrons. The molecule has 1 saturated heterocycles. The Morgan fingerprint density at radius 1 is 0.979 bits per heavy atom. The van der Waals surface area contributed by atoms with Gasteiger partial charge in [-0.25, -0.2) is 9.55 Å². The predicted octanol–water partition coefficient (Wildman–Crippen LogP) is 5.54. The second-order valence-electron chi connectivity index (χ2n) is 15.3. The van der Waals surface area contributed by atoms with Crippen LogP contribution in [0.3, 0.4) is 0 Å². The molecule has 2 aromatic heterocycles. The van der Waals surface area contributed by atoms with Gasteiger partial charge in [0, 0.05) is 19.6 Å². The molecule has 15 heteroatoms. The molecule has 0 unspecified atom stereocenters. The maximum absolute atomic E-state index is 13.9. The molecule has 0 saturated carbocycles. The molecule has 1 N–H and O–H groups in total. The van der Waals surface area contributed by atoms with Crippen molar-refractivity contribution in [3.8, 4) is 0 Å². The maximum Gasteiger partial charge on any atom is 0.290 e. The van der Waals surface area contributed by atoms with Gasteiger partial charge in [0.15, 0.2) is 34.0 Å². The molecule has 1 aliphatic heterocycles. The summed E-state index contributed by atoms with van der Waals surface area (Å²) in [5, 5.41) is 2.37. The number of rotatable bonds is 11. The zero-order chi connectivity index (χ0) is 35.8. The van der Waals surface area contributed by atoms with Gasteiger partial charge in [0.1, 0.15) is 25.1 Å². The summed E-state index contributed by atoms with van der Waals surface area (Å²) in [5.41, 5.74) is -0.442. The number of anilines is 1. The number of fused-ring (bicyclic) bond motifs is 1. The minimum Gasteiger partial charge on any atom is -0.414 e. The quantitative estimate of drug-likeness (QED) is 0.200. The van der Waals surface area contributed by atoms with Crippen molar-refractivity contribution < 1.29 is 32.7 Å². The van der Waals surface area contributed by atoms with Crippen molar-refractivity contribution >= 4 is 45.6 Å². The summed E-state index contributed by atoms with van der Waals surface area (Å²) in [7, 11) is -3.09. The lowest BCUT2D eigenvalue weighted by Gasteiger charge is -2.40. The fourth-order valence-corrected chi connectivity index (χ4v) is 7.16. The molecule has 0 aliphatic carbocycles. The molecule has 3 heterocycles. The lowest BCUT2D eigenvalue weighted by atomic mass is 10.1. The first-order chi connectivity index (χ1) is 22.2. The third-order valence-electron chi connectivity index (χ3n) is 9.70. The van der Waals surface area contributed by atoms with Crippen LogP contribution in [-0.4, -0.2) is 86.4 Å². The van der Waals surface area contributed by atoms with Crippen LogP contribution >= 0.6 is 0 Å². The number of hydrogen-bond acceptors (Lipinski definition) is 10. The van der Waals surface area contributed by atoms with Crippen molar-refractivity contribution in [3.63, 3.8) is 0 Å². The first kappa shape index (κ1) is 37.8. The summed E-state index contributed by atoms with van der Waals surface area (Å²) in [6.45, 7) is 23.1. The second kappa shape index (κ2) is 14.1. The Bertz CT molecular complexity index is 1680. The molecule has 264 valence electrons. The molecule has 1 aliphatic rings. The van der Waals surface area contributed by atoms with Crippen molar-refractivity contribution in [1.29, 1.82) is 0 Å². The van der Waals surface area contributed by atoms with Gasteiger partial charge < -0.3 is 23.1 Å². The van der Waals surface area contributed by atoms with Gasteiger partial charge in [0.05, 0.1) is 12.9 Å². The van der Waals surface area contributed by atoms with Crippen LogP contribution in [0, 0.1) is 0 Å². The Hall–Kier alpha value is -3.06. The highest BCUT2D eigenvalue weighted by atomic mass is 28.4. The van der Waals surface area contributed by atoms with Gasteiger partial charge in [0.25, 0.3) is 11.5 Å². The number of carbonyl (C=O) groups is 2. The van der Waals surface area contributed by atoms with E-state index in [9.17, 15) is 14.4 Å². The van der Waals surface area contributed by atoms with Crippen molar-refractivity contribution in [2.45, 2.75) is 109 Å². The third kappa shape index (κ3) is 7.72. The van der Waals surface area contributed by atoms with Crippen LogP contribution in [0.4, 0.5) is 5.95 Å². The zero-order valence-electron chi connectivity index (χ0n) is 30.2. The van der Waals surface area contributed by atoms with Crippen molar-refractivity contribution in [2.75, 3.05) is 25.8 Å². The molecule has 1 aromatic carbocycles. The van der Waals surface area contributed by atoms with E-state index < -0.39 is 58.5 Å². The summed E-state index contributed by atoms with van der Waals surface area (Å²) in [6.07, 6.45) is -1.25. The zero-order valence-corrected chi connectivity index (χ0v) is 32.2. The SMILES string of the molecule is COCO[C@H]1[C@@H](O[Si](C)(C)C(C)(C)C)[C@H](n2cnc3c(=O)n(C(=O)c4ccccc4)c(NC(C)=O)nc32)O[C@@H]1CO[Si](C)(C)C(C)(C)C. The van der Waals surface area contributed by atoms with Gasteiger partial charge in [-0.15, -0.1) is 0 Å². The lowest BCUT2D eigenvalue weighted by molar-refractivity contribution is -0.117. The topological polar surface area (TPSA) is 145 Å². The number of nitrogens with zero attached hydrogens (tertiary/aromatic N) is 4. The van der Waals surface area contributed by atoms with E-state index in [1.54, 1.807) is 42.0 Å². The minimum absolute atomic E-state index is 0.00336. The Morgan fingerprint density at radius 3 is 2.17 bits per heavy atom. The van der Waals surface area contributed by atoms with Gasteiger partial charge >= 0.3 is 0 Å². The van der Waals surface area contributed by atoms with E-state index in [4.69, 9.17) is 23.1 Å². The average molecular weight is 702 g/mol. The van der Waals surface area contributed by atoms with E-state index in [0.29, 0.717) is 0 Å². The number of nitrogens with one attached hydrogen (secondary N) is 1.